The molecule has 0 atom stereocenters. The number of amides is 2. The Labute approximate surface area is 144 Å². The number of nitrogen functional groups attached to an aromatic ring is 1. The van der Waals surface area contributed by atoms with Crippen molar-refractivity contribution in [3.8, 4) is 5.69 Å². The van der Waals surface area contributed by atoms with Gasteiger partial charge in [0.15, 0.2) is 0 Å². The second-order valence-corrected chi connectivity index (χ2v) is 6.44. The van der Waals surface area contributed by atoms with Crippen molar-refractivity contribution in [2.45, 2.75) is 19.8 Å². The third-order valence-corrected chi connectivity index (χ3v) is 4.85. The molecular formula is C18H18N4O3. The fraction of sp³-hybridized carbons (Fsp3) is 0.278. The van der Waals surface area contributed by atoms with E-state index in [1.165, 1.54) is 23.5 Å². The fourth-order valence-electron chi connectivity index (χ4n) is 3.59. The number of rotatable bonds is 2. The van der Waals surface area contributed by atoms with Gasteiger partial charge in [-0.3, -0.25) is 24.3 Å². The highest BCUT2D eigenvalue weighted by Gasteiger charge is 2.32. The molecule has 1 fully saturated rings. The normalized spacial score (nSPS) is 16.3. The summed E-state index contributed by atoms with van der Waals surface area (Å²) in [6.07, 6.45) is 2.36. The average molecular weight is 338 g/mol. The number of aromatic nitrogens is 1. The smallest absolute Gasteiger partial charge is 0.262 e. The highest BCUT2D eigenvalue weighted by molar-refractivity contribution is 6.23. The highest BCUT2D eigenvalue weighted by atomic mass is 16.2. The molecule has 4 rings (SSSR count). The van der Waals surface area contributed by atoms with Crippen LogP contribution in [0.1, 0.15) is 39.1 Å². The molecule has 7 heteroatoms. The van der Waals surface area contributed by atoms with Crippen LogP contribution in [-0.4, -0.2) is 29.5 Å². The predicted octanol–water partition coefficient (Wildman–Crippen LogP) is 1.21. The van der Waals surface area contributed by atoms with Crippen molar-refractivity contribution >= 4 is 23.3 Å². The Kier molecular flexibility index (Phi) is 3.38. The summed E-state index contributed by atoms with van der Waals surface area (Å²) in [7, 11) is 0. The zero-order valence-electron chi connectivity index (χ0n) is 13.8. The van der Waals surface area contributed by atoms with Crippen LogP contribution in [0.15, 0.2) is 29.1 Å². The van der Waals surface area contributed by atoms with E-state index in [2.05, 4.69) is 10.2 Å². The van der Waals surface area contributed by atoms with Gasteiger partial charge in [0.05, 0.1) is 16.8 Å². The molecular weight excluding hydrogens is 320 g/mol. The van der Waals surface area contributed by atoms with Gasteiger partial charge in [-0.1, -0.05) is 0 Å². The molecule has 0 unspecified atom stereocenters. The Morgan fingerprint density at radius 2 is 1.76 bits per heavy atom. The molecule has 0 saturated carbocycles. The first-order chi connectivity index (χ1) is 12.0. The molecule has 2 aliphatic rings. The molecule has 2 aliphatic heterocycles. The van der Waals surface area contributed by atoms with E-state index >= 15 is 0 Å². The van der Waals surface area contributed by atoms with Crippen LogP contribution >= 0.6 is 0 Å². The molecule has 0 bridgehead atoms. The average Bonchev–Trinajstić information content (AvgIpc) is 3.18. The SMILES string of the molecule is Cc1cc(N2CCCC2)ccc1-n1c(N)c2c(cc1=O)C(=O)NC2=O. The van der Waals surface area contributed by atoms with E-state index in [-0.39, 0.29) is 16.9 Å². The molecule has 1 aromatic carbocycles. The molecule has 2 aromatic rings. The van der Waals surface area contributed by atoms with Crippen molar-refractivity contribution in [2.75, 3.05) is 23.7 Å². The van der Waals surface area contributed by atoms with Gasteiger partial charge in [0.1, 0.15) is 5.82 Å². The van der Waals surface area contributed by atoms with E-state index in [4.69, 9.17) is 5.73 Å². The van der Waals surface area contributed by atoms with Gasteiger partial charge >= 0.3 is 0 Å². The number of hydrogen-bond acceptors (Lipinski definition) is 5. The molecule has 1 aromatic heterocycles. The number of carbonyl (C=O) groups excluding carboxylic acids is 2. The number of nitrogens with two attached hydrogens (primary N) is 1. The number of fused-ring (bicyclic) bond motifs is 1. The van der Waals surface area contributed by atoms with Crippen molar-refractivity contribution in [3.05, 3.63) is 51.3 Å². The lowest BCUT2D eigenvalue weighted by Gasteiger charge is -2.20. The molecule has 25 heavy (non-hydrogen) atoms. The van der Waals surface area contributed by atoms with E-state index < -0.39 is 17.4 Å². The number of imide groups is 1. The third-order valence-electron chi connectivity index (χ3n) is 4.85. The number of pyridine rings is 1. The molecule has 7 nitrogen and oxygen atoms in total. The molecule has 2 amide bonds. The van der Waals surface area contributed by atoms with E-state index in [1.807, 2.05) is 25.1 Å². The summed E-state index contributed by atoms with van der Waals surface area (Å²) >= 11 is 0. The number of aryl methyl sites for hydroxylation is 1. The topological polar surface area (TPSA) is 97.4 Å². The van der Waals surface area contributed by atoms with Gasteiger partial charge in [0.25, 0.3) is 17.4 Å². The number of nitrogens with one attached hydrogen (secondary N) is 1. The maximum atomic E-state index is 12.5. The Morgan fingerprint density at radius 3 is 2.44 bits per heavy atom. The Bertz CT molecular complexity index is 971. The summed E-state index contributed by atoms with van der Waals surface area (Å²) in [4.78, 5) is 38.5. The monoisotopic (exact) mass is 338 g/mol. The van der Waals surface area contributed by atoms with Gasteiger partial charge in [-0.05, 0) is 43.5 Å². The summed E-state index contributed by atoms with van der Waals surface area (Å²) in [6.45, 7) is 3.96. The van der Waals surface area contributed by atoms with E-state index in [0.29, 0.717) is 5.69 Å². The number of nitrogens with zero attached hydrogens (tertiary/aromatic N) is 2. The second kappa shape index (κ2) is 5.47. The van der Waals surface area contributed by atoms with Crippen molar-refractivity contribution in [1.29, 1.82) is 0 Å². The molecule has 0 aliphatic carbocycles. The Balaban J connectivity index is 1.86. The van der Waals surface area contributed by atoms with Crippen LogP contribution < -0.4 is 21.5 Å². The van der Waals surface area contributed by atoms with E-state index in [0.717, 1.165) is 24.3 Å². The maximum Gasteiger partial charge on any atom is 0.262 e. The number of benzene rings is 1. The van der Waals surface area contributed by atoms with E-state index in [9.17, 15) is 14.4 Å². The van der Waals surface area contributed by atoms with Crippen LogP contribution in [0, 0.1) is 6.92 Å². The van der Waals surface area contributed by atoms with Crippen LogP contribution in [0.5, 0.6) is 0 Å². The molecule has 3 N–H and O–H groups in total. The summed E-state index contributed by atoms with van der Waals surface area (Å²) < 4.78 is 1.29. The number of hydrogen-bond donors (Lipinski definition) is 2. The van der Waals surface area contributed by atoms with Gasteiger partial charge in [-0.25, -0.2) is 0 Å². The molecule has 128 valence electrons. The fourth-order valence-corrected chi connectivity index (χ4v) is 3.59. The largest absolute Gasteiger partial charge is 0.384 e. The first-order valence-corrected chi connectivity index (χ1v) is 8.24. The number of anilines is 2. The lowest BCUT2D eigenvalue weighted by atomic mass is 10.1. The minimum Gasteiger partial charge on any atom is -0.384 e. The van der Waals surface area contributed by atoms with Crippen molar-refractivity contribution < 1.29 is 9.59 Å². The number of carbonyl (C=O) groups is 2. The minimum atomic E-state index is -0.586. The lowest BCUT2D eigenvalue weighted by Crippen LogP contribution is -2.25. The second-order valence-electron chi connectivity index (χ2n) is 6.44. The third kappa shape index (κ3) is 2.31. The summed E-state index contributed by atoms with van der Waals surface area (Å²) in [6, 6.07) is 6.98. The molecule has 0 spiro atoms. The van der Waals surface area contributed by atoms with Crippen molar-refractivity contribution in [3.63, 3.8) is 0 Å². The molecule has 0 radical (unpaired) electrons. The Morgan fingerprint density at radius 1 is 1.04 bits per heavy atom. The predicted molar refractivity (Wildman–Crippen MR) is 94.4 cm³/mol. The van der Waals surface area contributed by atoms with E-state index in [1.54, 1.807) is 0 Å². The highest BCUT2D eigenvalue weighted by Crippen LogP contribution is 2.27. The standard InChI is InChI=1S/C18H18N4O3/c1-10-8-11(21-6-2-3-7-21)4-5-13(10)22-14(23)9-12-15(16(22)19)18(25)20-17(12)24/h4-5,8-9H,2-3,6-7,19H2,1H3,(H,20,24,25). The first-order valence-electron chi connectivity index (χ1n) is 8.24. The summed E-state index contributed by atoms with van der Waals surface area (Å²) in [5.74, 6) is -1.17. The zero-order valence-corrected chi connectivity index (χ0v) is 13.8. The van der Waals surface area contributed by atoms with Crippen LogP contribution in [0.2, 0.25) is 0 Å². The van der Waals surface area contributed by atoms with Crippen LogP contribution in [-0.2, 0) is 0 Å². The van der Waals surface area contributed by atoms with Gasteiger partial charge in [0.2, 0.25) is 0 Å². The maximum absolute atomic E-state index is 12.5. The first kappa shape index (κ1) is 15.4. The van der Waals surface area contributed by atoms with Gasteiger partial charge in [-0.15, -0.1) is 0 Å². The summed E-state index contributed by atoms with van der Waals surface area (Å²) in [5, 5.41) is 2.17. The van der Waals surface area contributed by atoms with Crippen LogP contribution in [0.25, 0.3) is 5.69 Å². The quantitative estimate of drug-likeness (QED) is 0.802. The van der Waals surface area contributed by atoms with Gasteiger partial charge in [0, 0.05) is 24.8 Å². The van der Waals surface area contributed by atoms with Gasteiger partial charge < -0.3 is 10.6 Å². The lowest BCUT2D eigenvalue weighted by molar-refractivity contribution is 0.0880. The van der Waals surface area contributed by atoms with Crippen molar-refractivity contribution in [1.82, 2.24) is 9.88 Å². The van der Waals surface area contributed by atoms with Gasteiger partial charge in [-0.2, -0.15) is 0 Å². The zero-order chi connectivity index (χ0) is 17.7. The van der Waals surface area contributed by atoms with Crippen molar-refractivity contribution in [2.24, 2.45) is 0 Å². The summed E-state index contributed by atoms with van der Waals surface area (Å²) in [5.41, 5.74) is 8.36. The Hall–Kier alpha value is -3.09. The molecule has 3 heterocycles. The van der Waals surface area contributed by atoms with Crippen LogP contribution in [0.4, 0.5) is 11.5 Å². The minimum absolute atomic E-state index is 0.0112. The van der Waals surface area contributed by atoms with Crippen LogP contribution in [0.3, 0.4) is 0 Å². The molecule has 1 saturated heterocycles.